The number of benzene rings is 3. The fourth-order valence-electron chi connectivity index (χ4n) is 4.88. The van der Waals surface area contributed by atoms with Gasteiger partial charge >= 0.3 is 5.97 Å². The van der Waals surface area contributed by atoms with Crippen LogP contribution in [0.25, 0.3) is 10.9 Å². The molecule has 0 saturated heterocycles. The number of carbonyl (C=O) groups excluding carboxylic acids is 1. The maximum atomic E-state index is 14.2. The lowest BCUT2D eigenvalue weighted by Gasteiger charge is -2.33. The Hall–Kier alpha value is -3.67. The number of aryl methyl sites for hydroxylation is 1. The Morgan fingerprint density at radius 2 is 1.72 bits per heavy atom. The van der Waals surface area contributed by atoms with E-state index in [9.17, 15) is 19.3 Å². The van der Waals surface area contributed by atoms with Gasteiger partial charge in [-0.15, -0.1) is 0 Å². The van der Waals surface area contributed by atoms with Crippen LogP contribution in [0.4, 0.5) is 0 Å². The van der Waals surface area contributed by atoms with E-state index in [1.165, 1.54) is 0 Å². The Morgan fingerprint density at radius 1 is 1.00 bits per heavy atom. The Bertz CT molecular complexity index is 1450. The predicted octanol–water partition coefficient (Wildman–Crippen LogP) is 3.64. The molecule has 0 aliphatic carbocycles. The van der Waals surface area contributed by atoms with Gasteiger partial charge in [0.15, 0.2) is 7.29 Å². The van der Waals surface area contributed by atoms with Gasteiger partial charge in [0, 0.05) is 35.0 Å². The maximum Gasteiger partial charge on any atom is 0.326 e. The molecule has 1 aromatic heterocycles. The molecule has 36 heavy (non-hydrogen) atoms. The van der Waals surface area contributed by atoms with E-state index in [1.54, 1.807) is 6.20 Å². The fourth-order valence-corrected chi connectivity index (χ4v) is 7.63. The van der Waals surface area contributed by atoms with Gasteiger partial charge in [-0.2, -0.15) is 0 Å². The van der Waals surface area contributed by atoms with Crippen molar-refractivity contribution in [3.63, 3.8) is 0 Å². The second-order valence-corrected chi connectivity index (χ2v) is 11.8. The second kappa shape index (κ2) is 10.1. The SMILES string of the molecule is O=C(O)[C@H](Cc1c[nH]c2ccccc12)NC(=O)[C@@H]1Cc2ccccc2P(=O)(CCc2ccccc2)N1. The van der Waals surface area contributed by atoms with Crippen molar-refractivity contribution >= 4 is 35.4 Å². The number of aromatic amines is 1. The number of aliphatic carboxylic acids is 1. The third-order valence-electron chi connectivity index (χ3n) is 6.76. The summed E-state index contributed by atoms with van der Waals surface area (Å²) in [4.78, 5) is 28.5. The minimum atomic E-state index is -3.10. The molecule has 7 nitrogen and oxygen atoms in total. The van der Waals surface area contributed by atoms with Gasteiger partial charge in [-0.1, -0.05) is 66.7 Å². The molecule has 3 aromatic carbocycles. The molecule has 0 radical (unpaired) electrons. The number of hydrogen-bond donors (Lipinski definition) is 4. The van der Waals surface area contributed by atoms with Crippen molar-refractivity contribution in [3.8, 4) is 0 Å². The van der Waals surface area contributed by atoms with Crippen molar-refractivity contribution in [2.24, 2.45) is 0 Å². The number of rotatable bonds is 8. The molecule has 0 fully saturated rings. The number of carboxylic acids is 1. The third-order valence-corrected chi connectivity index (χ3v) is 9.55. The molecular weight excluding hydrogens is 473 g/mol. The monoisotopic (exact) mass is 501 g/mol. The molecule has 4 aromatic rings. The summed E-state index contributed by atoms with van der Waals surface area (Å²) in [7, 11) is -3.10. The number of para-hydroxylation sites is 1. The van der Waals surface area contributed by atoms with Gasteiger partial charge in [-0.3, -0.25) is 9.88 Å². The number of carboxylic acid groups (broad SMARTS) is 1. The zero-order valence-electron chi connectivity index (χ0n) is 19.7. The summed E-state index contributed by atoms with van der Waals surface area (Å²) in [6.07, 6.45) is 3.23. The standard InChI is InChI=1S/C28H28N3O4P/c32-27(30-25(28(33)34)17-21-18-29-23-12-6-5-11-22(21)23)24-16-20-10-4-7-13-26(20)36(35,31-24)15-14-19-8-2-1-3-9-19/h1-13,18,24-25,29H,14-17H2,(H,30,32)(H,31,35)(H,33,34)/t24-,25-,36?/m0/s1. The van der Waals surface area contributed by atoms with Crippen LogP contribution in [-0.4, -0.2) is 40.2 Å². The zero-order chi connectivity index (χ0) is 25.1. The highest BCUT2D eigenvalue weighted by Crippen LogP contribution is 2.45. The summed E-state index contributed by atoms with van der Waals surface area (Å²) >= 11 is 0. The maximum absolute atomic E-state index is 14.2. The summed E-state index contributed by atoms with van der Waals surface area (Å²) in [5, 5.41) is 17.4. The fraction of sp³-hybridized carbons (Fsp3) is 0.214. The molecule has 1 amide bonds. The van der Waals surface area contributed by atoms with Crippen LogP contribution in [0, 0.1) is 0 Å². The van der Waals surface area contributed by atoms with E-state index < -0.39 is 31.3 Å². The number of aromatic nitrogens is 1. The Balaban J connectivity index is 1.35. The third kappa shape index (κ3) is 4.99. The quantitative estimate of drug-likeness (QED) is 0.276. The summed E-state index contributed by atoms with van der Waals surface area (Å²) in [5.74, 6) is -1.58. The van der Waals surface area contributed by atoms with Crippen molar-refractivity contribution < 1.29 is 19.3 Å². The highest BCUT2D eigenvalue weighted by Gasteiger charge is 2.38. The average Bonchev–Trinajstić information content (AvgIpc) is 3.30. The number of hydrogen-bond acceptors (Lipinski definition) is 3. The molecule has 1 aliphatic heterocycles. The van der Waals surface area contributed by atoms with E-state index in [4.69, 9.17) is 0 Å². The molecule has 0 spiro atoms. The van der Waals surface area contributed by atoms with Crippen molar-refractivity contribution in [2.75, 3.05) is 6.16 Å². The highest BCUT2D eigenvalue weighted by atomic mass is 31.2. The lowest BCUT2D eigenvalue weighted by molar-refractivity contribution is -0.142. The van der Waals surface area contributed by atoms with Gasteiger partial charge in [-0.25, -0.2) is 4.79 Å². The van der Waals surface area contributed by atoms with Gasteiger partial charge in [-0.05, 0) is 41.7 Å². The van der Waals surface area contributed by atoms with E-state index in [0.717, 1.165) is 32.9 Å². The topological polar surface area (TPSA) is 111 Å². The number of fused-ring (bicyclic) bond motifs is 2. The van der Waals surface area contributed by atoms with E-state index in [2.05, 4.69) is 15.4 Å². The largest absolute Gasteiger partial charge is 0.480 e. The number of H-pyrrole nitrogens is 1. The van der Waals surface area contributed by atoms with E-state index in [-0.39, 0.29) is 6.42 Å². The van der Waals surface area contributed by atoms with Crippen LogP contribution in [0.1, 0.15) is 16.7 Å². The second-order valence-electron chi connectivity index (χ2n) is 9.18. The number of nitrogens with one attached hydrogen (secondary N) is 3. The lowest BCUT2D eigenvalue weighted by atomic mass is 10.0. The Morgan fingerprint density at radius 3 is 2.53 bits per heavy atom. The van der Waals surface area contributed by atoms with Crippen molar-refractivity contribution in [2.45, 2.75) is 31.3 Å². The minimum Gasteiger partial charge on any atom is -0.480 e. The van der Waals surface area contributed by atoms with E-state index in [1.807, 2.05) is 78.9 Å². The normalized spacial score (nSPS) is 19.9. The molecule has 1 aliphatic rings. The van der Waals surface area contributed by atoms with Crippen LogP contribution < -0.4 is 15.7 Å². The van der Waals surface area contributed by atoms with Gasteiger partial charge in [0.2, 0.25) is 5.91 Å². The molecule has 2 heterocycles. The number of amides is 1. The van der Waals surface area contributed by atoms with Crippen molar-refractivity contribution in [1.82, 2.24) is 15.4 Å². The molecule has 8 heteroatoms. The smallest absolute Gasteiger partial charge is 0.326 e. The predicted molar refractivity (Wildman–Crippen MR) is 141 cm³/mol. The van der Waals surface area contributed by atoms with Crippen LogP contribution in [0.5, 0.6) is 0 Å². The van der Waals surface area contributed by atoms with E-state index >= 15 is 0 Å². The van der Waals surface area contributed by atoms with Gasteiger partial charge in [0.1, 0.15) is 6.04 Å². The Labute approximate surface area is 209 Å². The molecule has 1 unspecified atom stereocenters. The van der Waals surface area contributed by atoms with Gasteiger partial charge in [0.05, 0.1) is 6.04 Å². The van der Waals surface area contributed by atoms with Crippen LogP contribution >= 0.6 is 7.29 Å². The molecule has 0 bridgehead atoms. The van der Waals surface area contributed by atoms with Gasteiger partial charge in [0.25, 0.3) is 0 Å². The zero-order valence-corrected chi connectivity index (χ0v) is 20.6. The number of carbonyl (C=O) groups is 2. The summed E-state index contributed by atoms with van der Waals surface area (Å²) in [6.45, 7) is 0. The van der Waals surface area contributed by atoms with E-state index in [0.29, 0.717) is 19.0 Å². The molecule has 3 atom stereocenters. The summed E-state index contributed by atoms with van der Waals surface area (Å²) in [6, 6.07) is 23.1. The van der Waals surface area contributed by atoms with Crippen molar-refractivity contribution in [1.29, 1.82) is 0 Å². The van der Waals surface area contributed by atoms with Gasteiger partial charge < -0.3 is 20.0 Å². The molecule has 0 saturated carbocycles. The first kappa shape index (κ1) is 24.0. The highest BCUT2D eigenvalue weighted by molar-refractivity contribution is 7.70. The summed E-state index contributed by atoms with van der Waals surface area (Å²) < 4.78 is 14.2. The van der Waals surface area contributed by atoms with Crippen LogP contribution in [0.2, 0.25) is 0 Å². The first-order valence-corrected chi connectivity index (χ1v) is 13.9. The van der Waals surface area contributed by atoms with Crippen LogP contribution in [0.3, 0.4) is 0 Å². The first-order valence-electron chi connectivity index (χ1n) is 12.0. The van der Waals surface area contributed by atoms with Crippen LogP contribution in [-0.2, 0) is 33.4 Å². The molecule has 184 valence electrons. The lowest BCUT2D eigenvalue weighted by Crippen LogP contribution is -2.53. The van der Waals surface area contributed by atoms with Crippen LogP contribution in [0.15, 0.2) is 85.1 Å². The molecule has 4 N–H and O–H groups in total. The Kier molecular flexibility index (Phi) is 6.77. The summed E-state index contributed by atoms with van der Waals surface area (Å²) in [5.41, 5.74) is 3.65. The minimum absolute atomic E-state index is 0.139. The first-order chi connectivity index (χ1) is 17.4. The molecule has 5 rings (SSSR count). The van der Waals surface area contributed by atoms with Crippen molar-refractivity contribution in [3.05, 3.63) is 102 Å². The average molecular weight is 502 g/mol. The molecular formula is C28H28N3O4P.